The largest absolute Gasteiger partial charge is 0.383 e. The Morgan fingerprint density at radius 3 is 2.81 bits per heavy atom. The number of hydrogen-bond acceptors (Lipinski definition) is 2. The van der Waals surface area contributed by atoms with E-state index >= 15 is 0 Å². The van der Waals surface area contributed by atoms with Gasteiger partial charge in [0.15, 0.2) is 0 Å². The van der Waals surface area contributed by atoms with Crippen molar-refractivity contribution in [3.63, 3.8) is 0 Å². The van der Waals surface area contributed by atoms with Gasteiger partial charge < -0.3 is 5.11 Å². The maximum atomic E-state index is 13.8. The second kappa shape index (κ2) is 4.06. The highest BCUT2D eigenvalue weighted by Gasteiger charge is 2.17. The summed E-state index contributed by atoms with van der Waals surface area (Å²) in [6.07, 6.45) is 2.24. The van der Waals surface area contributed by atoms with E-state index in [0.717, 1.165) is 0 Å². The van der Waals surface area contributed by atoms with Crippen LogP contribution in [0.4, 0.5) is 4.39 Å². The van der Waals surface area contributed by atoms with Crippen molar-refractivity contribution in [1.82, 2.24) is 9.78 Å². The maximum Gasteiger partial charge on any atom is 0.132 e. The lowest BCUT2D eigenvalue weighted by molar-refractivity contribution is 0.214. The molecule has 1 aromatic heterocycles. The molecule has 0 spiro atoms. The highest BCUT2D eigenvalue weighted by atomic mass is 19.1. The van der Waals surface area contributed by atoms with Crippen molar-refractivity contribution in [1.29, 1.82) is 0 Å². The van der Waals surface area contributed by atoms with Gasteiger partial charge in [-0.1, -0.05) is 18.2 Å². The third-order valence-electron chi connectivity index (χ3n) is 2.56. The number of benzene rings is 1. The average Bonchev–Trinajstić information content (AvgIpc) is 2.68. The first-order chi connectivity index (χ1) is 7.59. The lowest BCUT2D eigenvalue weighted by atomic mass is 10.0. The molecule has 0 radical (unpaired) electrons. The summed E-state index contributed by atoms with van der Waals surface area (Å²) in [4.78, 5) is 0. The van der Waals surface area contributed by atoms with Gasteiger partial charge in [-0.15, -0.1) is 0 Å². The molecule has 1 aromatic carbocycles. The van der Waals surface area contributed by atoms with Crippen LogP contribution < -0.4 is 0 Å². The van der Waals surface area contributed by atoms with E-state index in [2.05, 4.69) is 5.10 Å². The van der Waals surface area contributed by atoms with Gasteiger partial charge in [0.05, 0.1) is 6.20 Å². The minimum absolute atomic E-state index is 0.285. The lowest BCUT2D eigenvalue weighted by Gasteiger charge is -2.11. The third kappa shape index (κ3) is 1.84. The molecule has 1 unspecified atom stereocenters. The normalized spacial score (nSPS) is 12.8. The van der Waals surface area contributed by atoms with Crippen molar-refractivity contribution in [2.24, 2.45) is 7.05 Å². The first-order valence-corrected chi connectivity index (χ1v) is 5.01. The summed E-state index contributed by atoms with van der Waals surface area (Å²) in [7, 11) is 1.75. The molecule has 0 fully saturated rings. The SMILES string of the molecule is Cc1cccc(C(O)c2cnn(C)c2)c1F. The number of nitrogens with zero attached hydrogens (tertiary/aromatic N) is 2. The molecular weight excluding hydrogens is 207 g/mol. The number of halogens is 1. The van der Waals surface area contributed by atoms with Crippen LogP contribution in [-0.4, -0.2) is 14.9 Å². The Morgan fingerprint density at radius 2 is 2.19 bits per heavy atom. The Labute approximate surface area is 93.2 Å². The molecule has 0 saturated heterocycles. The zero-order chi connectivity index (χ0) is 11.7. The van der Waals surface area contributed by atoms with Crippen LogP contribution in [0, 0.1) is 12.7 Å². The Balaban J connectivity index is 2.41. The van der Waals surface area contributed by atoms with E-state index in [1.807, 2.05) is 0 Å². The molecule has 0 aliphatic rings. The minimum Gasteiger partial charge on any atom is -0.383 e. The third-order valence-corrected chi connectivity index (χ3v) is 2.56. The van der Waals surface area contributed by atoms with E-state index in [0.29, 0.717) is 11.1 Å². The molecule has 0 aliphatic heterocycles. The smallest absolute Gasteiger partial charge is 0.132 e. The van der Waals surface area contributed by atoms with Crippen molar-refractivity contribution in [2.45, 2.75) is 13.0 Å². The Bertz CT molecular complexity index is 507. The first kappa shape index (κ1) is 10.8. The molecular formula is C12H13FN2O. The van der Waals surface area contributed by atoms with Gasteiger partial charge in [0.2, 0.25) is 0 Å². The fraction of sp³-hybridized carbons (Fsp3) is 0.250. The monoisotopic (exact) mass is 220 g/mol. The molecule has 16 heavy (non-hydrogen) atoms. The standard InChI is InChI=1S/C12H13FN2O/c1-8-4-3-5-10(11(8)13)12(16)9-6-14-15(2)7-9/h3-7,12,16H,1-2H3. The molecule has 0 saturated carbocycles. The van der Waals surface area contributed by atoms with Gasteiger partial charge >= 0.3 is 0 Å². The second-order valence-electron chi connectivity index (χ2n) is 3.83. The molecule has 0 bridgehead atoms. The number of rotatable bonds is 2. The fourth-order valence-corrected chi connectivity index (χ4v) is 1.64. The summed E-state index contributed by atoms with van der Waals surface area (Å²) in [5.74, 6) is -0.362. The molecule has 1 N–H and O–H groups in total. The quantitative estimate of drug-likeness (QED) is 0.840. The van der Waals surface area contributed by atoms with Crippen LogP contribution in [-0.2, 0) is 7.05 Å². The highest BCUT2D eigenvalue weighted by Crippen LogP contribution is 2.25. The number of aliphatic hydroxyl groups is 1. The summed E-state index contributed by atoms with van der Waals surface area (Å²) < 4.78 is 15.3. The number of aromatic nitrogens is 2. The van der Waals surface area contributed by atoms with Gasteiger partial charge in [0, 0.05) is 24.4 Å². The van der Waals surface area contributed by atoms with Crippen LogP contribution in [0.5, 0.6) is 0 Å². The maximum absolute atomic E-state index is 13.8. The van der Waals surface area contributed by atoms with E-state index < -0.39 is 6.10 Å². The second-order valence-corrected chi connectivity index (χ2v) is 3.83. The summed E-state index contributed by atoms with van der Waals surface area (Å²) >= 11 is 0. The van der Waals surface area contributed by atoms with Crippen LogP contribution in [0.15, 0.2) is 30.6 Å². The Hall–Kier alpha value is -1.68. The van der Waals surface area contributed by atoms with E-state index in [9.17, 15) is 9.50 Å². The average molecular weight is 220 g/mol. The molecule has 2 aromatic rings. The van der Waals surface area contributed by atoms with Crippen molar-refractivity contribution in [3.8, 4) is 0 Å². The predicted octanol–water partition coefficient (Wildman–Crippen LogP) is 1.95. The first-order valence-electron chi connectivity index (χ1n) is 5.01. The molecule has 0 amide bonds. The lowest BCUT2D eigenvalue weighted by Crippen LogP contribution is -2.02. The van der Waals surface area contributed by atoms with E-state index in [1.165, 1.54) is 6.20 Å². The van der Waals surface area contributed by atoms with Crippen LogP contribution in [0.25, 0.3) is 0 Å². The van der Waals surface area contributed by atoms with Gasteiger partial charge in [0.1, 0.15) is 11.9 Å². The molecule has 1 heterocycles. The van der Waals surface area contributed by atoms with Crippen molar-refractivity contribution in [3.05, 3.63) is 53.1 Å². The van der Waals surface area contributed by atoms with Gasteiger partial charge in [-0.2, -0.15) is 5.10 Å². The number of aryl methyl sites for hydroxylation is 2. The summed E-state index contributed by atoms with van der Waals surface area (Å²) in [5.41, 5.74) is 1.40. The zero-order valence-corrected chi connectivity index (χ0v) is 9.18. The van der Waals surface area contributed by atoms with Crippen molar-refractivity contribution >= 4 is 0 Å². The van der Waals surface area contributed by atoms with Gasteiger partial charge in [-0.3, -0.25) is 4.68 Å². The van der Waals surface area contributed by atoms with Gasteiger partial charge in [-0.25, -0.2) is 4.39 Å². The van der Waals surface area contributed by atoms with Gasteiger partial charge in [-0.05, 0) is 12.5 Å². The Kier molecular flexibility index (Phi) is 2.75. The molecule has 2 rings (SSSR count). The van der Waals surface area contributed by atoms with Crippen molar-refractivity contribution in [2.75, 3.05) is 0 Å². The number of hydrogen-bond donors (Lipinski definition) is 1. The molecule has 0 aliphatic carbocycles. The van der Waals surface area contributed by atoms with Crippen LogP contribution in [0.2, 0.25) is 0 Å². The van der Waals surface area contributed by atoms with Crippen LogP contribution in [0.1, 0.15) is 22.8 Å². The predicted molar refractivity (Wildman–Crippen MR) is 58.4 cm³/mol. The van der Waals surface area contributed by atoms with Gasteiger partial charge in [0.25, 0.3) is 0 Å². The van der Waals surface area contributed by atoms with Crippen LogP contribution in [0.3, 0.4) is 0 Å². The molecule has 3 nitrogen and oxygen atoms in total. The highest BCUT2D eigenvalue weighted by molar-refractivity contribution is 5.32. The molecule has 1 atom stereocenters. The summed E-state index contributed by atoms with van der Waals surface area (Å²) in [5, 5.41) is 14.0. The van der Waals surface area contributed by atoms with Crippen molar-refractivity contribution < 1.29 is 9.50 Å². The van der Waals surface area contributed by atoms with E-state index in [-0.39, 0.29) is 11.4 Å². The fourth-order valence-electron chi connectivity index (χ4n) is 1.64. The topological polar surface area (TPSA) is 38.1 Å². The Morgan fingerprint density at radius 1 is 1.44 bits per heavy atom. The van der Waals surface area contributed by atoms with E-state index in [4.69, 9.17) is 0 Å². The molecule has 84 valence electrons. The minimum atomic E-state index is -0.964. The van der Waals surface area contributed by atoms with Crippen LogP contribution >= 0.6 is 0 Å². The van der Waals surface area contributed by atoms with E-state index in [1.54, 1.807) is 43.0 Å². The zero-order valence-electron chi connectivity index (χ0n) is 9.18. The summed E-state index contributed by atoms with van der Waals surface area (Å²) in [6.45, 7) is 1.68. The number of aliphatic hydroxyl groups excluding tert-OH is 1. The summed E-state index contributed by atoms with van der Waals surface area (Å²) in [6, 6.07) is 4.99. The molecule has 4 heteroatoms.